The summed E-state index contributed by atoms with van der Waals surface area (Å²) in [6, 6.07) is 14.0. The lowest BCUT2D eigenvalue weighted by molar-refractivity contribution is 0.188. The number of aliphatic hydroxyl groups excluding tert-OH is 1. The molecule has 0 spiro atoms. The molecule has 2 fully saturated rings. The highest BCUT2D eigenvalue weighted by Gasteiger charge is 2.30. The lowest BCUT2D eigenvalue weighted by Gasteiger charge is -2.35. The van der Waals surface area contributed by atoms with Crippen LogP contribution in [-0.2, 0) is 0 Å². The molecule has 178 valence electrons. The van der Waals surface area contributed by atoms with Gasteiger partial charge in [0.2, 0.25) is 0 Å². The number of piperazine rings is 1. The molecule has 0 unspecified atom stereocenters. The zero-order valence-corrected chi connectivity index (χ0v) is 19.6. The third-order valence-corrected chi connectivity index (χ3v) is 6.79. The van der Waals surface area contributed by atoms with Crippen LogP contribution in [0.1, 0.15) is 24.3 Å². The smallest absolute Gasteiger partial charge is 0.162 e. The number of hydrogen-bond acceptors (Lipinski definition) is 8. The Hall–Kier alpha value is -3.62. The van der Waals surface area contributed by atoms with Crippen molar-refractivity contribution in [1.82, 2.24) is 24.8 Å². The van der Waals surface area contributed by atoms with Crippen LogP contribution in [0.2, 0.25) is 0 Å². The van der Waals surface area contributed by atoms with Gasteiger partial charge in [0.25, 0.3) is 0 Å². The number of β-amino-alcohol motifs (C(OH)–C–C–N with tert-alkyl or cyclic N) is 1. The molecule has 4 heterocycles. The quantitative estimate of drug-likeness (QED) is 0.424. The summed E-state index contributed by atoms with van der Waals surface area (Å²) in [7, 11) is 0. The van der Waals surface area contributed by atoms with E-state index in [0.717, 1.165) is 66.5 Å². The molecule has 1 aliphatic carbocycles. The van der Waals surface area contributed by atoms with E-state index in [1.807, 2.05) is 54.9 Å². The summed E-state index contributed by atoms with van der Waals surface area (Å²) in [5, 5.41) is 13.8. The van der Waals surface area contributed by atoms with E-state index in [9.17, 15) is 5.11 Å². The number of para-hydroxylation sites is 1. The third-order valence-electron chi connectivity index (χ3n) is 6.79. The second-order valence-electron chi connectivity index (χ2n) is 9.24. The van der Waals surface area contributed by atoms with Gasteiger partial charge in [-0.3, -0.25) is 9.88 Å². The number of fused-ring (bicyclic) bond motifs is 1. The van der Waals surface area contributed by atoms with Gasteiger partial charge < -0.3 is 15.3 Å². The lowest BCUT2D eigenvalue weighted by atomic mass is 10.1. The Morgan fingerprint density at radius 1 is 0.971 bits per heavy atom. The molecule has 1 saturated carbocycles. The zero-order valence-electron chi connectivity index (χ0n) is 19.6. The van der Waals surface area contributed by atoms with E-state index in [0.29, 0.717) is 11.7 Å². The summed E-state index contributed by atoms with van der Waals surface area (Å²) >= 11 is 0. The van der Waals surface area contributed by atoms with Crippen LogP contribution in [0.4, 0.5) is 17.3 Å². The third kappa shape index (κ3) is 4.67. The van der Waals surface area contributed by atoms with Crippen LogP contribution < -0.4 is 10.2 Å². The molecule has 35 heavy (non-hydrogen) atoms. The molecule has 3 aromatic heterocycles. The Balaban J connectivity index is 1.40. The molecule has 8 nitrogen and oxygen atoms in total. The molecule has 0 amide bonds. The highest BCUT2D eigenvalue weighted by molar-refractivity contribution is 5.94. The molecule has 8 heteroatoms. The number of nitrogens with one attached hydrogen (secondary N) is 1. The second kappa shape index (κ2) is 9.56. The largest absolute Gasteiger partial charge is 0.395 e. The number of hydrogen-bond donors (Lipinski definition) is 2. The highest BCUT2D eigenvalue weighted by Crippen LogP contribution is 2.45. The minimum Gasteiger partial charge on any atom is -0.395 e. The first-order valence-corrected chi connectivity index (χ1v) is 12.3. The highest BCUT2D eigenvalue weighted by atomic mass is 16.3. The van der Waals surface area contributed by atoms with Crippen molar-refractivity contribution in [2.75, 3.05) is 49.5 Å². The molecular formula is C27H29N7O. The standard InChI is InChI=1S/C27H29N7O/c35-15-14-33-10-12-34(13-11-33)27-25-22(19-6-7-19)17-28-18-23(25)31-26(32-27)20-8-9-29-24(16-20)30-21-4-2-1-3-5-21/h1-5,8-9,16-19,35H,6-7,10-15H2,(H,29,30). The number of nitrogens with zero attached hydrogens (tertiary/aromatic N) is 6. The van der Waals surface area contributed by atoms with E-state index < -0.39 is 0 Å². The summed E-state index contributed by atoms with van der Waals surface area (Å²) in [5.74, 6) is 2.98. The molecule has 4 aromatic rings. The number of pyridine rings is 2. The molecule has 1 aliphatic heterocycles. The van der Waals surface area contributed by atoms with Gasteiger partial charge >= 0.3 is 0 Å². The molecule has 2 N–H and O–H groups in total. The lowest BCUT2D eigenvalue weighted by Crippen LogP contribution is -2.47. The fourth-order valence-electron chi connectivity index (χ4n) is 4.78. The maximum atomic E-state index is 9.33. The fourth-order valence-corrected chi connectivity index (χ4v) is 4.78. The minimum atomic E-state index is 0.194. The average molecular weight is 468 g/mol. The molecule has 0 atom stereocenters. The Labute approximate surface area is 204 Å². The first-order valence-electron chi connectivity index (χ1n) is 12.3. The Bertz CT molecular complexity index is 1320. The fraction of sp³-hybridized carbons (Fsp3) is 0.333. The van der Waals surface area contributed by atoms with Crippen LogP contribution in [0.25, 0.3) is 22.3 Å². The van der Waals surface area contributed by atoms with Crippen LogP contribution >= 0.6 is 0 Å². The van der Waals surface area contributed by atoms with Crippen molar-refractivity contribution in [3.63, 3.8) is 0 Å². The van der Waals surface area contributed by atoms with Crippen molar-refractivity contribution in [1.29, 1.82) is 0 Å². The maximum absolute atomic E-state index is 9.33. The molecule has 0 radical (unpaired) electrons. The second-order valence-corrected chi connectivity index (χ2v) is 9.24. The zero-order chi connectivity index (χ0) is 23.6. The van der Waals surface area contributed by atoms with Crippen LogP contribution in [0.15, 0.2) is 61.1 Å². The van der Waals surface area contributed by atoms with Crippen molar-refractivity contribution in [3.8, 4) is 11.4 Å². The first kappa shape index (κ1) is 21.9. The summed E-state index contributed by atoms with van der Waals surface area (Å²) in [6.07, 6.45) is 8.06. The van der Waals surface area contributed by atoms with Gasteiger partial charge in [0, 0.05) is 61.8 Å². The average Bonchev–Trinajstić information content (AvgIpc) is 3.75. The Kier molecular flexibility index (Phi) is 5.98. The van der Waals surface area contributed by atoms with E-state index in [1.165, 1.54) is 18.4 Å². The molecule has 6 rings (SSSR count). The number of benzene rings is 1. The van der Waals surface area contributed by atoms with Gasteiger partial charge in [0.05, 0.1) is 18.3 Å². The van der Waals surface area contributed by atoms with Gasteiger partial charge in [-0.2, -0.15) is 0 Å². The van der Waals surface area contributed by atoms with Crippen LogP contribution in [-0.4, -0.2) is 69.3 Å². The topological polar surface area (TPSA) is 90.3 Å². The van der Waals surface area contributed by atoms with Crippen LogP contribution in [0.5, 0.6) is 0 Å². The normalized spacial score (nSPS) is 16.5. The van der Waals surface area contributed by atoms with Gasteiger partial charge in [-0.15, -0.1) is 0 Å². The van der Waals surface area contributed by atoms with Gasteiger partial charge in [0.1, 0.15) is 11.6 Å². The van der Waals surface area contributed by atoms with Crippen molar-refractivity contribution < 1.29 is 5.11 Å². The molecular weight excluding hydrogens is 438 g/mol. The predicted octanol–water partition coefficient (Wildman–Crippen LogP) is 3.82. The molecule has 1 aromatic carbocycles. The van der Waals surface area contributed by atoms with Crippen LogP contribution in [0.3, 0.4) is 0 Å². The number of aromatic nitrogens is 4. The van der Waals surface area contributed by atoms with Gasteiger partial charge in [-0.1, -0.05) is 18.2 Å². The van der Waals surface area contributed by atoms with Gasteiger partial charge in [-0.25, -0.2) is 15.0 Å². The van der Waals surface area contributed by atoms with Gasteiger partial charge in [-0.05, 0) is 48.6 Å². The number of aliphatic hydroxyl groups is 1. The van der Waals surface area contributed by atoms with Crippen molar-refractivity contribution in [3.05, 3.63) is 66.6 Å². The summed E-state index contributed by atoms with van der Waals surface area (Å²) in [5.41, 5.74) is 4.05. The SMILES string of the molecule is OCCN1CCN(c2nc(-c3ccnc(Nc4ccccc4)c3)nc3cncc(C4CC4)c23)CC1. The van der Waals surface area contributed by atoms with Crippen molar-refractivity contribution in [2.45, 2.75) is 18.8 Å². The van der Waals surface area contributed by atoms with E-state index in [-0.39, 0.29) is 6.61 Å². The maximum Gasteiger partial charge on any atom is 0.162 e. The van der Waals surface area contributed by atoms with E-state index in [2.05, 4.69) is 25.1 Å². The first-order chi connectivity index (χ1) is 17.3. The van der Waals surface area contributed by atoms with E-state index >= 15 is 0 Å². The molecule has 1 saturated heterocycles. The molecule has 2 aliphatic rings. The van der Waals surface area contributed by atoms with E-state index in [1.54, 1.807) is 6.20 Å². The molecule has 0 bridgehead atoms. The summed E-state index contributed by atoms with van der Waals surface area (Å²) < 4.78 is 0. The number of rotatable bonds is 7. The number of anilines is 3. The van der Waals surface area contributed by atoms with Crippen molar-refractivity contribution in [2.24, 2.45) is 0 Å². The summed E-state index contributed by atoms with van der Waals surface area (Å²) in [4.78, 5) is 23.8. The predicted molar refractivity (Wildman–Crippen MR) is 138 cm³/mol. The Morgan fingerprint density at radius 3 is 2.57 bits per heavy atom. The summed E-state index contributed by atoms with van der Waals surface area (Å²) in [6.45, 7) is 4.47. The Morgan fingerprint density at radius 2 is 1.80 bits per heavy atom. The van der Waals surface area contributed by atoms with Gasteiger partial charge in [0.15, 0.2) is 5.82 Å². The van der Waals surface area contributed by atoms with E-state index in [4.69, 9.17) is 9.97 Å². The van der Waals surface area contributed by atoms with Crippen molar-refractivity contribution >= 4 is 28.2 Å². The monoisotopic (exact) mass is 467 g/mol. The minimum absolute atomic E-state index is 0.194. The van der Waals surface area contributed by atoms with Crippen LogP contribution in [0, 0.1) is 0 Å².